The number of hydrogen-bond acceptors (Lipinski definition) is 5. The third-order valence-corrected chi connectivity index (χ3v) is 5.03. The number of halogens is 3. The van der Waals surface area contributed by atoms with Gasteiger partial charge >= 0.3 is 0 Å². The van der Waals surface area contributed by atoms with Crippen molar-refractivity contribution in [2.45, 2.75) is 19.2 Å². The largest absolute Gasteiger partial charge is 0.381 e. The highest BCUT2D eigenvalue weighted by Crippen LogP contribution is 2.19. The van der Waals surface area contributed by atoms with Gasteiger partial charge in [-0.3, -0.25) is 5.43 Å². The monoisotopic (exact) mass is 501 g/mol. The second-order valence-electron chi connectivity index (χ2n) is 7.67. The molecule has 0 heterocycles. The first-order valence-electron chi connectivity index (χ1n) is 10.8. The van der Waals surface area contributed by atoms with Crippen molar-refractivity contribution in [3.8, 4) is 0 Å². The van der Waals surface area contributed by atoms with Gasteiger partial charge in [-0.05, 0) is 41.5 Å². The zero-order valence-corrected chi connectivity index (χ0v) is 19.6. The maximum Gasteiger partial charge on any atom is 0.184 e. The molecule has 0 amide bonds. The van der Waals surface area contributed by atoms with Crippen molar-refractivity contribution >= 4 is 29.2 Å². The highest BCUT2D eigenvalue weighted by atomic mass is 32.1. The minimum absolute atomic E-state index is 0.00130. The van der Waals surface area contributed by atoms with Crippen LogP contribution in [0.5, 0.6) is 0 Å². The third kappa shape index (κ3) is 9.01. The molecular formula is C25H26F3N5OS. The van der Waals surface area contributed by atoms with Crippen molar-refractivity contribution in [2.24, 2.45) is 10.8 Å². The molecule has 6 nitrogen and oxygen atoms in total. The lowest BCUT2D eigenvalue weighted by Gasteiger charge is -2.21. The molecule has 0 unspecified atom stereocenters. The molecule has 0 aliphatic heterocycles. The summed E-state index contributed by atoms with van der Waals surface area (Å²) in [6.45, 7) is 1.42. The summed E-state index contributed by atoms with van der Waals surface area (Å²) < 4.78 is 48.0. The van der Waals surface area contributed by atoms with E-state index in [1.54, 1.807) is 12.1 Å². The minimum atomic E-state index is -0.668. The number of anilines is 1. The molecule has 0 aromatic heterocycles. The van der Waals surface area contributed by atoms with E-state index in [1.165, 1.54) is 12.1 Å². The lowest BCUT2D eigenvalue weighted by atomic mass is 10.1. The lowest BCUT2D eigenvalue weighted by Crippen LogP contribution is -2.39. The van der Waals surface area contributed by atoms with E-state index >= 15 is 0 Å². The molecule has 0 saturated carbocycles. The number of ether oxygens (including phenoxy) is 1. The van der Waals surface area contributed by atoms with E-state index in [-0.39, 0.29) is 34.8 Å². The Morgan fingerprint density at radius 2 is 1.74 bits per heavy atom. The van der Waals surface area contributed by atoms with Crippen molar-refractivity contribution in [1.29, 1.82) is 0 Å². The Morgan fingerprint density at radius 3 is 2.46 bits per heavy atom. The highest BCUT2D eigenvalue weighted by molar-refractivity contribution is 7.80. The van der Waals surface area contributed by atoms with Crippen LogP contribution >= 0.6 is 12.2 Å². The van der Waals surface area contributed by atoms with Crippen molar-refractivity contribution in [1.82, 2.24) is 10.7 Å². The molecule has 0 aliphatic carbocycles. The Balaban J connectivity index is 1.62. The van der Waals surface area contributed by atoms with E-state index in [9.17, 15) is 13.2 Å². The van der Waals surface area contributed by atoms with Gasteiger partial charge in [0.1, 0.15) is 17.5 Å². The molecule has 3 aromatic rings. The van der Waals surface area contributed by atoms with Crippen LogP contribution in [-0.2, 0) is 17.9 Å². The highest BCUT2D eigenvalue weighted by Gasteiger charge is 2.13. The fraction of sp³-hybridized carbons (Fsp3) is 0.200. The van der Waals surface area contributed by atoms with Gasteiger partial charge in [-0.15, -0.1) is 0 Å². The Morgan fingerprint density at radius 1 is 1.00 bits per heavy atom. The van der Waals surface area contributed by atoms with Crippen LogP contribution < -0.4 is 21.8 Å². The predicted octanol–water partition coefficient (Wildman–Crippen LogP) is 4.06. The molecular weight excluding hydrogens is 475 g/mol. The first kappa shape index (κ1) is 26.1. The summed E-state index contributed by atoms with van der Waals surface area (Å²) in [5.41, 5.74) is 9.38. The van der Waals surface area contributed by atoms with Gasteiger partial charge in [0.15, 0.2) is 5.11 Å². The average Bonchev–Trinajstić information content (AvgIpc) is 2.84. The molecule has 0 bridgehead atoms. The third-order valence-electron chi connectivity index (χ3n) is 4.94. The van der Waals surface area contributed by atoms with Gasteiger partial charge < -0.3 is 21.1 Å². The molecule has 35 heavy (non-hydrogen) atoms. The second-order valence-corrected chi connectivity index (χ2v) is 8.11. The SMILES string of the molecule is NC(=S)N/N=C/c1cc(F)c(NC[C@H](COCc2ccccc2)NCc2ccc(F)cc2)cc1F. The van der Waals surface area contributed by atoms with E-state index in [0.717, 1.165) is 29.5 Å². The van der Waals surface area contributed by atoms with Crippen LogP contribution in [-0.4, -0.2) is 30.5 Å². The molecule has 0 radical (unpaired) electrons. The standard InChI is InChI=1S/C25H26F3N5OS/c26-20-8-6-17(7-9-20)12-30-21(16-34-15-18-4-2-1-3-5-18)14-31-24-11-22(27)19(10-23(24)28)13-32-33-25(29)35/h1-11,13,21,30-31H,12,14-16H2,(H3,29,33,35)/b32-13+/t21-/m1/s1. The van der Waals surface area contributed by atoms with Crippen molar-refractivity contribution in [2.75, 3.05) is 18.5 Å². The van der Waals surface area contributed by atoms with Crippen molar-refractivity contribution in [3.63, 3.8) is 0 Å². The van der Waals surface area contributed by atoms with Crippen LogP contribution in [0.1, 0.15) is 16.7 Å². The molecule has 0 spiro atoms. The van der Waals surface area contributed by atoms with Gasteiger partial charge in [0.05, 0.1) is 25.1 Å². The summed E-state index contributed by atoms with van der Waals surface area (Å²) in [5, 5.41) is 9.80. The first-order valence-corrected chi connectivity index (χ1v) is 11.2. The van der Waals surface area contributed by atoms with Crippen LogP contribution in [0.4, 0.5) is 18.9 Å². The lowest BCUT2D eigenvalue weighted by molar-refractivity contribution is 0.101. The maximum atomic E-state index is 14.6. The van der Waals surface area contributed by atoms with Crippen molar-refractivity contribution in [3.05, 3.63) is 101 Å². The first-order chi connectivity index (χ1) is 16.9. The Labute approximate surface area is 207 Å². The van der Waals surface area contributed by atoms with E-state index in [0.29, 0.717) is 19.8 Å². The number of nitrogens with two attached hydrogens (primary N) is 1. The van der Waals surface area contributed by atoms with Gasteiger partial charge in [0.25, 0.3) is 0 Å². The molecule has 10 heteroatoms. The van der Waals surface area contributed by atoms with Gasteiger partial charge in [0.2, 0.25) is 0 Å². The number of hydrogen-bond donors (Lipinski definition) is 4. The van der Waals surface area contributed by atoms with Gasteiger partial charge in [-0.1, -0.05) is 42.5 Å². The van der Waals surface area contributed by atoms with Crippen LogP contribution in [0.15, 0.2) is 71.8 Å². The summed E-state index contributed by atoms with van der Waals surface area (Å²) in [6, 6.07) is 17.7. The zero-order valence-electron chi connectivity index (χ0n) is 18.8. The fourth-order valence-corrected chi connectivity index (χ4v) is 3.20. The number of hydrazone groups is 1. The topological polar surface area (TPSA) is 83.7 Å². The van der Waals surface area contributed by atoms with E-state index < -0.39 is 11.6 Å². The van der Waals surface area contributed by atoms with E-state index in [2.05, 4.69) is 33.4 Å². The van der Waals surface area contributed by atoms with Gasteiger partial charge in [-0.2, -0.15) is 5.10 Å². The zero-order chi connectivity index (χ0) is 25.0. The van der Waals surface area contributed by atoms with Crippen molar-refractivity contribution < 1.29 is 17.9 Å². The minimum Gasteiger partial charge on any atom is -0.381 e. The number of benzene rings is 3. The molecule has 0 fully saturated rings. The molecule has 184 valence electrons. The molecule has 5 N–H and O–H groups in total. The number of nitrogens with one attached hydrogen (secondary N) is 3. The summed E-state index contributed by atoms with van der Waals surface area (Å²) in [4.78, 5) is 0. The Kier molecular flexibility index (Phi) is 10.0. The normalized spacial score (nSPS) is 12.0. The van der Waals surface area contributed by atoms with Crippen LogP contribution in [0, 0.1) is 17.5 Å². The van der Waals surface area contributed by atoms with Crippen LogP contribution in [0.25, 0.3) is 0 Å². The molecule has 1 atom stereocenters. The number of rotatable bonds is 12. The summed E-state index contributed by atoms with van der Waals surface area (Å²) in [5.74, 6) is -1.63. The molecule has 3 rings (SSSR count). The molecule has 0 aliphatic rings. The molecule has 0 saturated heterocycles. The van der Waals surface area contributed by atoms with E-state index in [4.69, 9.17) is 10.5 Å². The maximum absolute atomic E-state index is 14.6. The van der Waals surface area contributed by atoms with E-state index in [1.807, 2.05) is 30.3 Å². The fourth-order valence-electron chi connectivity index (χ4n) is 3.14. The molecule has 3 aromatic carbocycles. The average molecular weight is 502 g/mol. The van der Waals surface area contributed by atoms with Crippen LogP contribution in [0.2, 0.25) is 0 Å². The van der Waals surface area contributed by atoms with Crippen LogP contribution in [0.3, 0.4) is 0 Å². The predicted molar refractivity (Wildman–Crippen MR) is 135 cm³/mol. The second kappa shape index (κ2) is 13.4. The summed E-state index contributed by atoms with van der Waals surface area (Å²) in [7, 11) is 0. The summed E-state index contributed by atoms with van der Waals surface area (Å²) in [6.07, 6.45) is 1.09. The quantitative estimate of drug-likeness (QED) is 0.170. The Bertz CT molecular complexity index is 1130. The van der Waals surface area contributed by atoms with Gasteiger partial charge in [0, 0.05) is 30.8 Å². The Hall–Kier alpha value is -3.47. The summed E-state index contributed by atoms with van der Waals surface area (Å²) >= 11 is 4.61. The smallest absolute Gasteiger partial charge is 0.184 e. The number of thiocarbonyl (C=S) groups is 1. The van der Waals surface area contributed by atoms with Gasteiger partial charge in [-0.25, -0.2) is 13.2 Å². The number of nitrogens with zero attached hydrogens (tertiary/aromatic N) is 1.